The van der Waals surface area contributed by atoms with Crippen molar-refractivity contribution in [2.24, 2.45) is 5.92 Å². The Kier molecular flexibility index (Phi) is 5.02. The molecule has 0 unspecified atom stereocenters. The number of hydrogen-bond donors (Lipinski definition) is 1. The van der Waals surface area contributed by atoms with Gasteiger partial charge in [-0.1, -0.05) is 29.8 Å². The van der Waals surface area contributed by atoms with E-state index in [1.807, 2.05) is 0 Å². The molecule has 0 saturated carbocycles. The summed E-state index contributed by atoms with van der Waals surface area (Å²) in [7, 11) is 0. The second kappa shape index (κ2) is 6.77. The molecule has 2 nitrogen and oxygen atoms in total. The molecule has 2 rings (SSSR count). The molecule has 1 heterocycles. The maximum atomic E-state index is 5.76. The number of ether oxygens (including phenoxy) is 1. The van der Waals surface area contributed by atoms with Gasteiger partial charge < -0.3 is 10.1 Å². The molecule has 2 heteroatoms. The Morgan fingerprint density at radius 3 is 2.88 bits per heavy atom. The predicted molar refractivity (Wildman–Crippen MR) is 71.0 cm³/mol. The van der Waals surface area contributed by atoms with Gasteiger partial charge in [0.05, 0.1) is 6.61 Å². The van der Waals surface area contributed by atoms with E-state index in [4.69, 9.17) is 4.74 Å². The van der Waals surface area contributed by atoms with E-state index in [0.717, 1.165) is 19.1 Å². The van der Waals surface area contributed by atoms with Gasteiger partial charge in [0.1, 0.15) is 0 Å². The molecule has 0 aliphatic carbocycles. The first-order valence-electron chi connectivity index (χ1n) is 6.68. The van der Waals surface area contributed by atoms with Gasteiger partial charge in [-0.2, -0.15) is 0 Å². The van der Waals surface area contributed by atoms with Crippen molar-refractivity contribution in [3.8, 4) is 0 Å². The van der Waals surface area contributed by atoms with Crippen LogP contribution < -0.4 is 5.32 Å². The van der Waals surface area contributed by atoms with Crippen molar-refractivity contribution < 1.29 is 4.74 Å². The van der Waals surface area contributed by atoms with Crippen LogP contribution in [-0.2, 0) is 11.3 Å². The number of nitrogens with one attached hydrogen (secondary N) is 1. The van der Waals surface area contributed by atoms with Crippen molar-refractivity contribution in [2.45, 2.75) is 32.8 Å². The van der Waals surface area contributed by atoms with Gasteiger partial charge in [-0.15, -0.1) is 0 Å². The van der Waals surface area contributed by atoms with Gasteiger partial charge in [-0.25, -0.2) is 0 Å². The van der Waals surface area contributed by atoms with Gasteiger partial charge in [0.2, 0.25) is 0 Å². The molecule has 94 valence electrons. The Morgan fingerprint density at radius 1 is 1.29 bits per heavy atom. The van der Waals surface area contributed by atoms with Crippen LogP contribution in [0, 0.1) is 12.8 Å². The molecule has 1 aliphatic heterocycles. The molecule has 0 bridgehead atoms. The molecule has 1 aliphatic rings. The lowest BCUT2D eigenvalue weighted by Gasteiger charge is -2.22. The van der Waals surface area contributed by atoms with E-state index in [1.54, 1.807) is 0 Å². The van der Waals surface area contributed by atoms with Crippen LogP contribution in [0.2, 0.25) is 0 Å². The summed E-state index contributed by atoms with van der Waals surface area (Å²) in [6, 6.07) is 8.56. The number of piperidine rings is 1. The minimum atomic E-state index is 0.757. The van der Waals surface area contributed by atoms with Crippen LogP contribution in [0.4, 0.5) is 0 Å². The third kappa shape index (κ3) is 4.49. The van der Waals surface area contributed by atoms with Crippen LogP contribution in [0.5, 0.6) is 0 Å². The van der Waals surface area contributed by atoms with E-state index in [1.165, 1.54) is 43.5 Å². The summed E-state index contributed by atoms with van der Waals surface area (Å²) in [5.41, 5.74) is 2.60. The lowest BCUT2D eigenvalue weighted by atomic mass is 9.95. The molecule has 0 radical (unpaired) electrons. The quantitative estimate of drug-likeness (QED) is 0.790. The molecule has 0 amide bonds. The second-order valence-electron chi connectivity index (χ2n) is 5.02. The van der Waals surface area contributed by atoms with Gasteiger partial charge in [0.25, 0.3) is 0 Å². The maximum absolute atomic E-state index is 5.76. The average molecular weight is 233 g/mol. The van der Waals surface area contributed by atoms with Crippen molar-refractivity contribution in [3.63, 3.8) is 0 Å². The largest absolute Gasteiger partial charge is 0.377 e. The van der Waals surface area contributed by atoms with E-state index < -0.39 is 0 Å². The molecule has 1 saturated heterocycles. The van der Waals surface area contributed by atoms with Crippen LogP contribution >= 0.6 is 0 Å². The molecule has 1 aromatic carbocycles. The number of benzene rings is 1. The standard InChI is InChI=1S/C15H23NO/c1-13-3-2-4-15(11-13)12-17-10-7-14-5-8-16-9-6-14/h2-4,11,14,16H,5-10,12H2,1H3. The number of aryl methyl sites for hydroxylation is 1. The summed E-state index contributed by atoms with van der Waals surface area (Å²) in [5, 5.41) is 3.40. The maximum Gasteiger partial charge on any atom is 0.0716 e. The van der Waals surface area contributed by atoms with Crippen molar-refractivity contribution in [3.05, 3.63) is 35.4 Å². The fraction of sp³-hybridized carbons (Fsp3) is 0.600. The lowest BCUT2D eigenvalue weighted by molar-refractivity contribution is 0.103. The third-order valence-electron chi connectivity index (χ3n) is 3.48. The molecular weight excluding hydrogens is 210 g/mol. The van der Waals surface area contributed by atoms with E-state index in [2.05, 4.69) is 36.5 Å². The first-order chi connectivity index (χ1) is 8.34. The van der Waals surface area contributed by atoms with Crippen LogP contribution in [0.25, 0.3) is 0 Å². The number of hydrogen-bond acceptors (Lipinski definition) is 2. The predicted octanol–water partition coefficient (Wildman–Crippen LogP) is 2.90. The molecule has 0 atom stereocenters. The van der Waals surface area contributed by atoms with Gasteiger partial charge in [-0.3, -0.25) is 0 Å². The van der Waals surface area contributed by atoms with E-state index >= 15 is 0 Å². The minimum absolute atomic E-state index is 0.757. The smallest absolute Gasteiger partial charge is 0.0716 e. The third-order valence-corrected chi connectivity index (χ3v) is 3.48. The summed E-state index contributed by atoms with van der Waals surface area (Å²) in [5.74, 6) is 0.869. The summed E-state index contributed by atoms with van der Waals surface area (Å²) in [6.45, 7) is 6.15. The highest BCUT2D eigenvalue weighted by Crippen LogP contribution is 2.16. The molecule has 1 fully saturated rings. The van der Waals surface area contributed by atoms with Gasteiger partial charge in [0.15, 0.2) is 0 Å². The highest BCUT2D eigenvalue weighted by Gasteiger charge is 2.12. The summed E-state index contributed by atoms with van der Waals surface area (Å²) >= 11 is 0. The zero-order chi connectivity index (χ0) is 11.9. The fourth-order valence-corrected chi connectivity index (χ4v) is 2.41. The first kappa shape index (κ1) is 12.6. The highest BCUT2D eigenvalue weighted by atomic mass is 16.5. The Morgan fingerprint density at radius 2 is 2.12 bits per heavy atom. The monoisotopic (exact) mass is 233 g/mol. The van der Waals surface area contributed by atoms with Gasteiger partial charge >= 0.3 is 0 Å². The summed E-state index contributed by atoms with van der Waals surface area (Å²) < 4.78 is 5.76. The van der Waals surface area contributed by atoms with E-state index in [0.29, 0.717) is 0 Å². The topological polar surface area (TPSA) is 21.3 Å². The van der Waals surface area contributed by atoms with Crippen molar-refractivity contribution in [2.75, 3.05) is 19.7 Å². The lowest BCUT2D eigenvalue weighted by Crippen LogP contribution is -2.28. The second-order valence-corrected chi connectivity index (χ2v) is 5.02. The van der Waals surface area contributed by atoms with E-state index in [-0.39, 0.29) is 0 Å². The summed E-state index contributed by atoms with van der Waals surface area (Å²) in [4.78, 5) is 0. The molecule has 1 N–H and O–H groups in total. The van der Waals surface area contributed by atoms with Crippen LogP contribution in [0.1, 0.15) is 30.4 Å². The zero-order valence-electron chi connectivity index (χ0n) is 10.7. The molecule has 0 spiro atoms. The normalized spacial score (nSPS) is 17.2. The Hall–Kier alpha value is -0.860. The SMILES string of the molecule is Cc1cccc(COCCC2CCNCC2)c1. The average Bonchev–Trinajstić information content (AvgIpc) is 2.36. The Bertz CT molecular complexity index is 331. The van der Waals surface area contributed by atoms with E-state index in [9.17, 15) is 0 Å². The summed E-state index contributed by atoms with van der Waals surface area (Å²) in [6.07, 6.45) is 3.84. The van der Waals surface area contributed by atoms with Crippen molar-refractivity contribution in [1.29, 1.82) is 0 Å². The van der Waals surface area contributed by atoms with Crippen molar-refractivity contribution >= 4 is 0 Å². The molecule has 17 heavy (non-hydrogen) atoms. The highest BCUT2D eigenvalue weighted by molar-refractivity contribution is 5.21. The van der Waals surface area contributed by atoms with Gasteiger partial charge in [-0.05, 0) is 50.8 Å². The number of rotatable bonds is 5. The van der Waals surface area contributed by atoms with Gasteiger partial charge in [0, 0.05) is 6.61 Å². The van der Waals surface area contributed by atoms with Crippen LogP contribution in [0.3, 0.4) is 0 Å². The van der Waals surface area contributed by atoms with Crippen LogP contribution in [-0.4, -0.2) is 19.7 Å². The zero-order valence-corrected chi connectivity index (χ0v) is 10.7. The Labute approximate surface area is 104 Å². The van der Waals surface area contributed by atoms with Crippen molar-refractivity contribution in [1.82, 2.24) is 5.32 Å². The molecule has 0 aromatic heterocycles. The Balaban J connectivity index is 1.62. The molecule has 1 aromatic rings. The minimum Gasteiger partial charge on any atom is -0.377 e. The van der Waals surface area contributed by atoms with Crippen LogP contribution in [0.15, 0.2) is 24.3 Å². The first-order valence-corrected chi connectivity index (χ1v) is 6.68. The molecular formula is C15H23NO. The fourth-order valence-electron chi connectivity index (χ4n) is 2.41.